The van der Waals surface area contributed by atoms with Gasteiger partial charge in [0.1, 0.15) is 5.75 Å². The summed E-state index contributed by atoms with van der Waals surface area (Å²) in [6.45, 7) is 5.17. The fraction of sp³-hybridized carbons (Fsp3) is 0.588. The van der Waals surface area contributed by atoms with Gasteiger partial charge in [0, 0.05) is 13.6 Å². The average molecular weight is 291 g/mol. The van der Waals surface area contributed by atoms with Crippen molar-refractivity contribution in [2.24, 2.45) is 5.92 Å². The van der Waals surface area contributed by atoms with E-state index in [2.05, 4.69) is 0 Å². The maximum absolute atomic E-state index is 12.0. The van der Waals surface area contributed by atoms with Crippen LogP contribution >= 0.6 is 0 Å². The summed E-state index contributed by atoms with van der Waals surface area (Å²) in [7, 11) is 1.82. The van der Waals surface area contributed by atoms with Crippen LogP contribution in [0.1, 0.15) is 30.4 Å². The van der Waals surface area contributed by atoms with Gasteiger partial charge < -0.3 is 14.7 Å². The van der Waals surface area contributed by atoms with Gasteiger partial charge in [-0.15, -0.1) is 0 Å². The summed E-state index contributed by atoms with van der Waals surface area (Å²) in [6, 6.07) is 6.08. The molecule has 1 aliphatic carbocycles. The van der Waals surface area contributed by atoms with E-state index in [4.69, 9.17) is 4.74 Å². The Morgan fingerprint density at radius 3 is 2.76 bits per heavy atom. The van der Waals surface area contributed by atoms with Crippen molar-refractivity contribution in [1.82, 2.24) is 4.90 Å². The molecule has 1 N–H and O–H groups in total. The third kappa shape index (κ3) is 4.46. The summed E-state index contributed by atoms with van der Waals surface area (Å²) in [6.07, 6.45) is 1.86. The molecule has 4 heteroatoms. The van der Waals surface area contributed by atoms with E-state index in [1.54, 1.807) is 4.90 Å². The molecule has 4 nitrogen and oxygen atoms in total. The summed E-state index contributed by atoms with van der Waals surface area (Å²) < 4.78 is 5.71. The van der Waals surface area contributed by atoms with Crippen molar-refractivity contribution in [2.75, 3.05) is 20.2 Å². The number of hydrogen-bond donors (Lipinski definition) is 1. The molecular weight excluding hydrogens is 266 g/mol. The first-order chi connectivity index (χ1) is 9.95. The number of rotatable bonds is 6. The Hall–Kier alpha value is -1.55. The molecule has 1 aromatic carbocycles. The molecule has 0 saturated heterocycles. The van der Waals surface area contributed by atoms with E-state index in [1.165, 1.54) is 0 Å². The Morgan fingerprint density at radius 2 is 2.10 bits per heavy atom. The highest BCUT2D eigenvalue weighted by Gasteiger charge is 2.28. The number of carbonyl (C=O) groups excluding carboxylic acids is 1. The maximum Gasteiger partial charge on any atom is 0.225 e. The second-order valence-electron chi connectivity index (χ2n) is 6.13. The van der Waals surface area contributed by atoms with Gasteiger partial charge >= 0.3 is 0 Å². The number of ether oxygens (including phenoxy) is 1. The quantitative estimate of drug-likeness (QED) is 0.875. The number of amides is 1. The van der Waals surface area contributed by atoms with Crippen LogP contribution in [0, 0.1) is 19.8 Å². The second kappa shape index (κ2) is 6.94. The van der Waals surface area contributed by atoms with Gasteiger partial charge in [0.2, 0.25) is 5.91 Å². The van der Waals surface area contributed by atoms with Crippen molar-refractivity contribution in [2.45, 2.75) is 39.2 Å². The molecular formula is C17H25NO3. The minimum atomic E-state index is -0.161. The molecule has 0 spiro atoms. The van der Waals surface area contributed by atoms with Gasteiger partial charge in [-0.05, 0) is 49.8 Å². The molecule has 1 aliphatic rings. The van der Waals surface area contributed by atoms with Gasteiger partial charge in [-0.3, -0.25) is 4.79 Å². The van der Waals surface area contributed by atoms with Gasteiger partial charge in [-0.1, -0.05) is 12.1 Å². The predicted molar refractivity (Wildman–Crippen MR) is 82.4 cm³/mol. The molecule has 0 unspecified atom stereocenters. The summed E-state index contributed by atoms with van der Waals surface area (Å²) in [5.74, 6) is 1.41. The second-order valence-corrected chi connectivity index (χ2v) is 6.13. The third-order valence-corrected chi connectivity index (χ3v) is 4.09. The fourth-order valence-corrected chi connectivity index (χ4v) is 2.64. The van der Waals surface area contributed by atoms with E-state index < -0.39 is 0 Å². The van der Waals surface area contributed by atoms with Crippen molar-refractivity contribution in [3.8, 4) is 5.75 Å². The first kappa shape index (κ1) is 15.8. The van der Waals surface area contributed by atoms with Crippen molar-refractivity contribution < 1.29 is 14.6 Å². The zero-order chi connectivity index (χ0) is 15.4. The molecule has 1 saturated carbocycles. The van der Waals surface area contributed by atoms with Gasteiger partial charge in [0.05, 0.1) is 19.1 Å². The molecule has 0 atom stereocenters. The number of carbonyl (C=O) groups is 1. The maximum atomic E-state index is 12.0. The van der Waals surface area contributed by atoms with Crippen LogP contribution in [0.2, 0.25) is 0 Å². The molecule has 116 valence electrons. The molecule has 0 aliphatic heterocycles. The van der Waals surface area contributed by atoms with E-state index in [0.29, 0.717) is 18.9 Å². The number of aliphatic hydroxyl groups excluding tert-OH is 1. The van der Waals surface area contributed by atoms with Crippen molar-refractivity contribution in [1.29, 1.82) is 0 Å². The number of aliphatic hydroxyl groups is 1. The molecule has 1 fully saturated rings. The van der Waals surface area contributed by atoms with E-state index in [0.717, 1.165) is 36.3 Å². The lowest BCUT2D eigenvalue weighted by molar-refractivity contribution is -0.132. The van der Waals surface area contributed by atoms with Crippen LogP contribution in [-0.2, 0) is 4.79 Å². The van der Waals surface area contributed by atoms with Crippen LogP contribution < -0.4 is 4.74 Å². The minimum absolute atomic E-state index is 0.0988. The molecule has 0 bridgehead atoms. The normalized spacial score (nSPS) is 20.8. The van der Waals surface area contributed by atoms with E-state index in [-0.39, 0.29) is 12.0 Å². The van der Waals surface area contributed by atoms with E-state index >= 15 is 0 Å². The Balaban J connectivity index is 1.72. The van der Waals surface area contributed by atoms with Gasteiger partial charge in [-0.25, -0.2) is 0 Å². The van der Waals surface area contributed by atoms with Crippen LogP contribution in [0.3, 0.4) is 0 Å². The zero-order valence-corrected chi connectivity index (χ0v) is 13.1. The molecule has 0 aromatic heterocycles. The van der Waals surface area contributed by atoms with Crippen LogP contribution in [0.5, 0.6) is 5.75 Å². The first-order valence-corrected chi connectivity index (χ1v) is 7.57. The lowest BCUT2D eigenvalue weighted by atomic mass is 9.82. The standard InChI is InChI=1S/C17H25NO3/c1-12-4-5-13(2)16(8-12)21-7-6-17(20)18(3)11-14-9-15(19)10-14/h4-5,8,14-15,19H,6-7,9-11H2,1-3H3. The molecule has 1 aromatic rings. The predicted octanol–water partition coefficient (Wildman–Crippen LogP) is 2.30. The van der Waals surface area contributed by atoms with Crippen molar-refractivity contribution in [3.05, 3.63) is 29.3 Å². The zero-order valence-electron chi connectivity index (χ0n) is 13.1. The molecule has 0 heterocycles. The largest absolute Gasteiger partial charge is 0.493 e. The Kier molecular flexibility index (Phi) is 5.23. The Labute approximate surface area is 126 Å². The first-order valence-electron chi connectivity index (χ1n) is 7.57. The lowest BCUT2D eigenvalue weighted by Gasteiger charge is -2.34. The van der Waals surface area contributed by atoms with Crippen LogP contribution in [0.15, 0.2) is 18.2 Å². The Bertz CT molecular complexity index is 495. The number of aryl methyl sites for hydroxylation is 2. The van der Waals surface area contributed by atoms with Crippen LogP contribution in [0.25, 0.3) is 0 Å². The molecule has 21 heavy (non-hydrogen) atoms. The van der Waals surface area contributed by atoms with Gasteiger partial charge in [-0.2, -0.15) is 0 Å². The van der Waals surface area contributed by atoms with Crippen molar-refractivity contribution >= 4 is 5.91 Å². The van der Waals surface area contributed by atoms with Crippen molar-refractivity contribution in [3.63, 3.8) is 0 Å². The number of hydrogen-bond acceptors (Lipinski definition) is 3. The molecule has 2 rings (SSSR count). The topological polar surface area (TPSA) is 49.8 Å². The lowest BCUT2D eigenvalue weighted by Crippen LogP contribution is -2.39. The SMILES string of the molecule is Cc1ccc(C)c(OCCC(=O)N(C)CC2CC(O)C2)c1. The van der Waals surface area contributed by atoms with Crippen LogP contribution in [-0.4, -0.2) is 42.2 Å². The summed E-state index contributed by atoms with van der Waals surface area (Å²) >= 11 is 0. The van der Waals surface area contributed by atoms with Gasteiger partial charge in [0.15, 0.2) is 0 Å². The summed E-state index contributed by atoms with van der Waals surface area (Å²) in [4.78, 5) is 13.8. The number of benzene rings is 1. The minimum Gasteiger partial charge on any atom is -0.493 e. The van der Waals surface area contributed by atoms with E-state index in [9.17, 15) is 9.90 Å². The van der Waals surface area contributed by atoms with Gasteiger partial charge in [0.25, 0.3) is 0 Å². The highest BCUT2D eigenvalue weighted by Crippen LogP contribution is 2.27. The summed E-state index contributed by atoms with van der Waals surface area (Å²) in [5, 5.41) is 9.26. The average Bonchev–Trinajstić information content (AvgIpc) is 2.40. The molecule has 1 amide bonds. The highest BCUT2D eigenvalue weighted by atomic mass is 16.5. The fourth-order valence-electron chi connectivity index (χ4n) is 2.64. The number of nitrogens with zero attached hydrogens (tertiary/aromatic N) is 1. The Morgan fingerprint density at radius 1 is 1.38 bits per heavy atom. The third-order valence-electron chi connectivity index (χ3n) is 4.09. The molecule has 0 radical (unpaired) electrons. The monoisotopic (exact) mass is 291 g/mol. The highest BCUT2D eigenvalue weighted by molar-refractivity contribution is 5.76. The smallest absolute Gasteiger partial charge is 0.225 e. The summed E-state index contributed by atoms with van der Waals surface area (Å²) in [5.41, 5.74) is 2.24. The van der Waals surface area contributed by atoms with E-state index in [1.807, 2.05) is 39.1 Å². The van der Waals surface area contributed by atoms with Crippen LogP contribution in [0.4, 0.5) is 0 Å².